The second kappa shape index (κ2) is 9.64. The molecule has 1 aromatic carbocycles. The first-order valence-corrected chi connectivity index (χ1v) is 9.36. The van der Waals surface area contributed by atoms with E-state index in [4.69, 9.17) is 14.2 Å². The molecular weight excluding hydrogens is 332 g/mol. The molecular formula is C19H30N4O3. The summed E-state index contributed by atoms with van der Waals surface area (Å²) in [7, 11) is 3.55. The van der Waals surface area contributed by atoms with E-state index >= 15 is 0 Å². The number of aliphatic imine (C=N–C) groups is 1. The van der Waals surface area contributed by atoms with Crippen molar-refractivity contribution in [2.45, 2.75) is 25.0 Å². The molecule has 0 bridgehead atoms. The fourth-order valence-electron chi connectivity index (χ4n) is 3.44. The van der Waals surface area contributed by atoms with Gasteiger partial charge in [0.25, 0.3) is 0 Å². The van der Waals surface area contributed by atoms with Crippen LogP contribution in [0.2, 0.25) is 0 Å². The molecule has 0 saturated carbocycles. The number of ether oxygens (including phenoxy) is 3. The van der Waals surface area contributed by atoms with Crippen LogP contribution < -0.4 is 20.1 Å². The lowest BCUT2D eigenvalue weighted by Crippen LogP contribution is -2.48. The SMILES string of the molecule is CN=C(NCC1COc2ccccc2O1)NCC1CCCN1CCOC. The van der Waals surface area contributed by atoms with Crippen molar-refractivity contribution in [3.05, 3.63) is 24.3 Å². The van der Waals surface area contributed by atoms with Crippen LogP contribution in [-0.4, -0.2) is 76.6 Å². The zero-order valence-corrected chi connectivity index (χ0v) is 15.7. The monoisotopic (exact) mass is 362 g/mol. The molecule has 0 amide bonds. The van der Waals surface area contributed by atoms with Crippen molar-refractivity contribution >= 4 is 5.96 Å². The molecule has 26 heavy (non-hydrogen) atoms. The fraction of sp³-hybridized carbons (Fsp3) is 0.632. The molecule has 7 nitrogen and oxygen atoms in total. The van der Waals surface area contributed by atoms with Gasteiger partial charge in [-0.25, -0.2) is 0 Å². The summed E-state index contributed by atoms with van der Waals surface area (Å²) in [5.74, 6) is 2.41. The molecule has 0 aromatic heterocycles. The topological polar surface area (TPSA) is 67.4 Å². The van der Waals surface area contributed by atoms with Crippen molar-refractivity contribution < 1.29 is 14.2 Å². The van der Waals surface area contributed by atoms with Crippen LogP contribution in [-0.2, 0) is 4.74 Å². The summed E-state index contributed by atoms with van der Waals surface area (Å²) in [6.07, 6.45) is 2.42. The van der Waals surface area contributed by atoms with E-state index in [-0.39, 0.29) is 6.10 Å². The number of hydrogen-bond acceptors (Lipinski definition) is 5. The number of guanidine groups is 1. The van der Waals surface area contributed by atoms with Gasteiger partial charge in [0, 0.05) is 33.3 Å². The Morgan fingerprint density at radius 1 is 1.27 bits per heavy atom. The van der Waals surface area contributed by atoms with Crippen LogP contribution in [0.1, 0.15) is 12.8 Å². The maximum absolute atomic E-state index is 5.97. The third-order valence-electron chi connectivity index (χ3n) is 4.88. The molecule has 7 heteroatoms. The third kappa shape index (κ3) is 5.02. The Bertz CT molecular complexity index is 596. The van der Waals surface area contributed by atoms with Crippen LogP contribution in [0, 0.1) is 0 Å². The Kier molecular flexibility index (Phi) is 6.96. The second-order valence-electron chi connectivity index (χ2n) is 6.66. The third-order valence-corrected chi connectivity index (χ3v) is 4.88. The number of methoxy groups -OCH3 is 1. The second-order valence-corrected chi connectivity index (χ2v) is 6.66. The lowest BCUT2D eigenvalue weighted by Gasteiger charge is -2.28. The highest BCUT2D eigenvalue weighted by Gasteiger charge is 2.24. The molecule has 2 atom stereocenters. The lowest BCUT2D eigenvalue weighted by molar-refractivity contribution is 0.0935. The van der Waals surface area contributed by atoms with Crippen molar-refractivity contribution in [3.8, 4) is 11.5 Å². The highest BCUT2D eigenvalue weighted by atomic mass is 16.6. The summed E-state index contributed by atoms with van der Waals surface area (Å²) in [4.78, 5) is 6.80. The predicted octanol–water partition coefficient (Wildman–Crippen LogP) is 1.10. The molecule has 3 rings (SSSR count). The average Bonchev–Trinajstić information content (AvgIpc) is 3.13. The summed E-state index contributed by atoms with van der Waals surface area (Å²) in [6.45, 7) is 4.98. The summed E-state index contributed by atoms with van der Waals surface area (Å²) < 4.78 is 16.9. The molecule has 2 unspecified atom stereocenters. The maximum atomic E-state index is 5.97. The zero-order chi connectivity index (χ0) is 18.2. The van der Waals surface area contributed by atoms with Gasteiger partial charge in [-0.15, -0.1) is 0 Å². The van der Waals surface area contributed by atoms with Gasteiger partial charge in [-0.05, 0) is 31.5 Å². The number of para-hydroxylation sites is 2. The van der Waals surface area contributed by atoms with Crippen molar-refractivity contribution in [2.24, 2.45) is 4.99 Å². The van der Waals surface area contributed by atoms with E-state index in [1.165, 1.54) is 12.8 Å². The zero-order valence-electron chi connectivity index (χ0n) is 15.7. The van der Waals surface area contributed by atoms with Gasteiger partial charge in [0.1, 0.15) is 12.7 Å². The van der Waals surface area contributed by atoms with Crippen molar-refractivity contribution in [1.82, 2.24) is 15.5 Å². The minimum atomic E-state index is -0.0341. The van der Waals surface area contributed by atoms with Crippen molar-refractivity contribution in [1.29, 1.82) is 0 Å². The number of rotatable bonds is 7. The molecule has 0 radical (unpaired) electrons. The highest BCUT2D eigenvalue weighted by molar-refractivity contribution is 5.79. The first-order valence-electron chi connectivity index (χ1n) is 9.36. The first kappa shape index (κ1) is 18.8. The number of likely N-dealkylation sites (tertiary alicyclic amines) is 1. The van der Waals surface area contributed by atoms with Gasteiger partial charge < -0.3 is 24.8 Å². The minimum absolute atomic E-state index is 0.0341. The van der Waals surface area contributed by atoms with Gasteiger partial charge in [0.2, 0.25) is 0 Å². The number of nitrogens with one attached hydrogen (secondary N) is 2. The molecule has 2 aliphatic heterocycles. The fourth-order valence-corrected chi connectivity index (χ4v) is 3.44. The van der Waals surface area contributed by atoms with E-state index in [0.29, 0.717) is 19.2 Å². The van der Waals surface area contributed by atoms with Crippen LogP contribution in [0.15, 0.2) is 29.3 Å². The number of nitrogens with zero attached hydrogens (tertiary/aromatic N) is 2. The number of benzene rings is 1. The van der Waals surface area contributed by atoms with E-state index in [1.807, 2.05) is 24.3 Å². The molecule has 1 fully saturated rings. The van der Waals surface area contributed by atoms with Crippen molar-refractivity contribution in [2.75, 3.05) is 53.6 Å². The van der Waals surface area contributed by atoms with E-state index < -0.39 is 0 Å². The largest absolute Gasteiger partial charge is 0.486 e. The van der Waals surface area contributed by atoms with Gasteiger partial charge in [0.15, 0.2) is 17.5 Å². The Labute approximate surface area is 155 Å². The van der Waals surface area contributed by atoms with Crippen LogP contribution >= 0.6 is 0 Å². The van der Waals surface area contributed by atoms with Gasteiger partial charge in [-0.3, -0.25) is 9.89 Å². The summed E-state index contributed by atoms with van der Waals surface area (Å²) in [5, 5.41) is 6.78. The minimum Gasteiger partial charge on any atom is -0.486 e. The van der Waals surface area contributed by atoms with Crippen LogP contribution in [0.5, 0.6) is 11.5 Å². The van der Waals surface area contributed by atoms with Crippen LogP contribution in [0.3, 0.4) is 0 Å². The standard InChI is InChI=1S/C19H30N4O3/c1-20-19(21-12-15-6-5-9-23(15)10-11-24-2)22-13-16-14-25-17-7-3-4-8-18(17)26-16/h3-4,7-8,15-16H,5-6,9-14H2,1-2H3,(H2,20,21,22). The van der Waals surface area contributed by atoms with E-state index in [2.05, 4.69) is 20.5 Å². The van der Waals surface area contributed by atoms with Gasteiger partial charge in [-0.1, -0.05) is 12.1 Å². The van der Waals surface area contributed by atoms with Crippen LogP contribution in [0.4, 0.5) is 0 Å². The summed E-state index contributed by atoms with van der Waals surface area (Å²) >= 11 is 0. The predicted molar refractivity (Wildman–Crippen MR) is 102 cm³/mol. The molecule has 2 N–H and O–H groups in total. The first-order chi connectivity index (χ1) is 12.8. The molecule has 1 saturated heterocycles. The summed E-state index contributed by atoms with van der Waals surface area (Å²) in [5.41, 5.74) is 0. The van der Waals surface area contributed by atoms with Gasteiger partial charge in [0.05, 0.1) is 13.2 Å². The smallest absolute Gasteiger partial charge is 0.191 e. The quantitative estimate of drug-likeness (QED) is 0.559. The lowest BCUT2D eigenvalue weighted by atomic mass is 10.2. The van der Waals surface area contributed by atoms with Gasteiger partial charge in [-0.2, -0.15) is 0 Å². The molecule has 0 aliphatic carbocycles. The Morgan fingerprint density at radius 2 is 2.08 bits per heavy atom. The van der Waals surface area contributed by atoms with E-state index in [1.54, 1.807) is 14.2 Å². The average molecular weight is 362 g/mol. The molecule has 2 aliphatic rings. The number of hydrogen-bond donors (Lipinski definition) is 2. The van der Waals surface area contributed by atoms with Crippen molar-refractivity contribution in [3.63, 3.8) is 0 Å². The van der Waals surface area contributed by atoms with Crippen LogP contribution in [0.25, 0.3) is 0 Å². The highest BCUT2D eigenvalue weighted by Crippen LogP contribution is 2.30. The number of fused-ring (bicyclic) bond motifs is 1. The van der Waals surface area contributed by atoms with E-state index in [9.17, 15) is 0 Å². The Balaban J connectivity index is 1.41. The normalized spacial score (nSPS) is 23.1. The molecule has 1 aromatic rings. The maximum Gasteiger partial charge on any atom is 0.191 e. The molecule has 0 spiro atoms. The summed E-state index contributed by atoms with van der Waals surface area (Å²) in [6, 6.07) is 8.30. The Hall–Kier alpha value is -1.99. The Morgan fingerprint density at radius 3 is 2.88 bits per heavy atom. The molecule has 2 heterocycles. The molecule has 144 valence electrons. The van der Waals surface area contributed by atoms with Gasteiger partial charge >= 0.3 is 0 Å². The van der Waals surface area contributed by atoms with E-state index in [0.717, 1.165) is 43.7 Å².